The summed E-state index contributed by atoms with van der Waals surface area (Å²) in [5, 5.41) is 4.74. The molecule has 2 N–H and O–H groups in total. The summed E-state index contributed by atoms with van der Waals surface area (Å²) in [6.07, 6.45) is 4.06. The van der Waals surface area contributed by atoms with Crippen molar-refractivity contribution >= 4 is 17.7 Å². The van der Waals surface area contributed by atoms with E-state index in [4.69, 9.17) is 0 Å². The van der Waals surface area contributed by atoms with Crippen LogP contribution in [0.2, 0.25) is 0 Å². The van der Waals surface area contributed by atoms with Crippen LogP contribution in [0.5, 0.6) is 0 Å². The van der Waals surface area contributed by atoms with Crippen LogP contribution in [0.3, 0.4) is 0 Å². The molecule has 5 heteroatoms. The van der Waals surface area contributed by atoms with E-state index in [0.29, 0.717) is 17.9 Å². The van der Waals surface area contributed by atoms with Crippen molar-refractivity contribution in [2.24, 2.45) is 5.92 Å². The van der Waals surface area contributed by atoms with Crippen LogP contribution in [0, 0.1) is 5.92 Å². The van der Waals surface area contributed by atoms with Crippen molar-refractivity contribution in [3.8, 4) is 0 Å². The average molecular weight is 250 g/mol. The molecule has 0 aliphatic carbocycles. The number of amides is 3. The van der Waals surface area contributed by atoms with E-state index in [1.807, 2.05) is 19.9 Å². The lowest BCUT2D eigenvalue weighted by atomic mass is 10.1. The minimum absolute atomic E-state index is 0.241. The molecule has 0 saturated carbocycles. The van der Waals surface area contributed by atoms with Crippen LogP contribution in [0.25, 0.3) is 0 Å². The Kier molecular flexibility index (Phi) is 4.83. The number of imide groups is 1. The Balaban J connectivity index is 2.52. The Bertz CT molecular complexity index is 410. The summed E-state index contributed by atoms with van der Waals surface area (Å²) in [7, 11) is 0. The quantitative estimate of drug-likeness (QED) is 0.437. The van der Waals surface area contributed by atoms with Gasteiger partial charge in [-0.1, -0.05) is 32.6 Å². The van der Waals surface area contributed by atoms with Crippen molar-refractivity contribution in [1.29, 1.82) is 0 Å². The fourth-order valence-electron chi connectivity index (χ4n) is 1.47. The van der Waals surface area contributed by atoms with Crippen LogP contribution < -0.4 is 10.6 Å². The zero-order chi connectivity index (χ0) is 13.7. The largest absolute Gasteiger partial charge is 0.340 e. The van der Waals surface area contributed by atoms with Gasteiger partial charge in [0.05, 0.1) is 0 Å². The third-order valence-electron chi connectivity index (χ3n) is 2.52. The van der Waals surface area contributed by atoms with Gasteiger partial charge in [-0.05, 0) is 12.3 Å². The van der Waals surface area contributed by atoms with Gasteiger partial charge < -0.3 is 5.32 Å². The number of hydrogen-bond donors (Lipinski definition) is 2. The summed E-state index contributed by atoms with van der Waals surface area (Å²) in [4.78, 5) is 34.1. The molecule has 0 spiro atoms. The van der Waals surface area contributed by atoms with Crippen molar-refractivity contribution in [2.45, 2.75) is 32.7 Å². The average Bonchev–Trinajstić information content (AvgIpc) is 2.29. The van der Waals surface area contributed by atoms with E-state index in [1.54, 1.807) is 6.08 Å². The van der Waals surface area contributed by atoms with Crippen LogP contribution >= 0.6 is 0 Å². The molecule has 1 rings (SSSR count). The maximum absolute atomic E-state index is 11.7. The molecule has 0 aromatic carbocycles. The maximum Gasteiger partial charge on any atom is 0.251 e. The highest BCUT2D eigenvalue weighted by molar-refractivity contribution is 6.04. The normalized spacial score (nSPS) is 20.1. The highest BCUT2D eigenvalue weighted by atomic mass is 16.2. The fourth-order valence-corrected chi connectivity index (χ4v) is 1.47. The summed E-state index contributed by atoms with van der Waals surface area (Å²) >= 11 is 0. The molecule has 0 aromatic rings. The van der Waals surface area contributed by atoms with Crippen LogP contribution in [0.4, 0.5) is 0 Å². The fraction of sp³-hybridized carbons (Fsp3) is 0.462. The highest BCUT2D eigenvalue weighted by Gasteiger charge is 2.27. The summed E-state index contributed by atoms with van der Waals surface area (Å²) in [5.74, 6) is -0.823. The lowest BCUT2D eigenvalue weighted by Gasteiger charge is -2.21. The maximum atomic E-state index is 11.7. The third-order valence-corrected chi connectivity index (χ3v) is 2.52. The van der Waals surface area contributed by atoms with Gasteiger partial charge in [-0.2, -0.15) is 0 Å². The molecule has 1 aliphatic rings. The molecule has 1 atom stereocenters. The molecule has 1 unspecified atom stereocenters. The molecule has 5 nitrogen and oxygen atoms in total. The second kappa shape index (κ2) is 6.14. The van der Waals surface area contributed by atoms with E-state index in [1.165, 1.54) is 0 Å². The molecule has 18 heavy (non-hydrogen) atoms. The number of carbonyl (C=O) groups excluding carboxylic acids is 3. The molecule has 0 aromatic heterocycles. The van der Waals surface area contributed by atoms with E-state index in [-0.39, 0.29) is 18.2 Å². The van der Waals surface area contributed by atoms with Gasteiger partial charge >= 0.3 is 0 Å². The first-order valence-corrected chi connectivity index (χ1v) is 5.92. The Morgan fingerprint density at radius 3 is 2.72 bits per heavy atom. The van der Waals surface area contributed by atoms with Gasteiger partial charge in [0, 0.05) is 12.0 Å². The molecule has 0 radical (unpaired) electrons. The number of hydrogen-bond acceptors (Lipinski definition) is 3. The molecule has 1 heterocycles. The minimum atomic E-state index is -0.653. The SMILES string of the molecule is C=C(/C=C\C(C)C)C(=O)NC1CCC(=O)NC1=O. The first kappa shape index (κ1) is 14.2. The molecule has 0 bridgehead atoms. The second-order valence-corrected chi connectivity index (χ2v) is 4.61. The topological polar surface area (TPSA) is 75.3 Å². The molecule has 1 aliphatic heterocycles. The Morgan fingerprint density at radius 1 is 1.50 bits per heavy atom. The molecule has 1 fully saturated rings. The molecular weight excluding hydrogens is 232 g/mol. The van der Waals surface area contributed by atoms with E-state index in [0.717, 1.165) is 0 Å². The predicted octanol–water partition coefficient (Wildman–Crippen LogP) is 0.676. The molecule has 98 valence electrons. The van der Waals surface area contributed by atoms with E-state index < -0.39 is 11.9 Å². The van der Waals surface area contributed by atoms with Crippen LogP contribution in [0.1, 0.15) is 26.7 Å². The van der Waals surface area contributed by atoms with Gasteiger partial charge in [0.2, 0.25) is 11.8 Å². The number of rotatable bonds is 4. The van der Waals surface area contributed by atoms with Crippen molar-refractivity contribution in [3.63, 3.8) is 0 Å². The number of nitrogens with one attached hydrogen (secondary N) is 2. The van der Waals surface area contributed by atoms with Crippen molar-refractivity contribution in [2.75, 3.05) is 0 Å². The number of allylic oxidation sites excluding steroid dienone is 1. The monoisotopic (exact) mass is 250 g/mol. The van der Waals surface area contributed by atoms with E-state index in [2.05, 4.69) is 17.2 Å². The standard InChI is InChI=1S/C13H18N2O3/c1-8(2)4-5-9(3)12(17)14-10-6-7-11(16)15-13(10)18/h4-5,8,10H,3,6-7H2,1-2H3,(H,14,17)(H,15,16,18)/b5-4-. The highest BCUT2D eigenvalue weighted by Crippen LogP contribution is 2.06. The predicted molar refractivity (Wildman–Crippen MR) is 67.4 cm³/mol. The second-order valence-electron chi connectivity index (χ2n) is 4.61. The van der Waals surface area contributed by atoms with Gasteiger partial charge in [0.15, 0.2) is 0 Å². The lowest BCUT2D eigenvalue weighted by molar-refractivity contribution is -0.136. The summed E-state index contributed by atoms with van der Waals surface area (Å²) in [6.45, 7) is 7.61. The van der Waals surface area contributed by atoms with Crippen LogP contribution in [-0.4, -0.2) is 23.8 Å². The summed E-state index contributed by atoms with van der Waals surface area (Å²) in [5.41, 5.74) is 0.299. The van der Waals surface area contributed by atoms with Crippen molar-refractivity contribution in [3.05, 3.63) is 24.3 Å². The zero-order valence-electron chi connectivity index (χ0n) is 10.7. The van der Waals surface area contributed by atoms with Gasteiger partial charge in [-0.25, -0.2) is 0 Å². The van der Waals surface area contributed by atoms with Crippen molar-refractivity contribution < 1.29 is 14.4 Å². The van der Waals surface area contributed by atoms with Gasteiger partial charge in [-0.15, -0.1) is 0 Å². The van der Waals surface area contributed by atoms with Crippen LogP contribution in [-0.2, 0) is 14.4 Å². The molecule has 1 saturated heterocycles. The lowest BCUT2D eigenvalue weighted by Crippen LogP contribution is -2.52. The summed E-state index contributed by atoms with van der Waals surface area (Å²) < 4.78 is 0. The zero-order valence-corrected chi connectivity index (χ0v) is 10.7. The smallest absolute Gasteiger partial charge is 0.251 e. The molecular formula is C13H18N2O3. The Labute approximate surface area is 106 Å². The van der Waals surface area contributed by atoms with Crippen LogP contribution in [0.15, 0.2) is 24.3 Å². The van der Waals surface area contributed by atoms with E-state index >= 15 is 0 Å². The molecule has 3 amide bonds. The Hall–Kier alpha value is -1.91. The first-order chi connectivity index (χ1) is 8.40. The van der Waals surface area contributed by atoms with E-state index in [9.17, 15) is 14.4 Å². The third kappa shape index (κ3) is 4.16. The van der Waals surface area contributed by atoms with Gasteiger partial charge in [0.1, 0.15) is 6.04 Å². The minimum Gasteiger partial charge on any atom is -0.340 e. The van der Waals surface area contributed by atoms with Gasteiger partial charge in [0.25, 0.3) is 5.91 Å². The summed E-state index contributed by atoms with van der Waals surface area (Å²) in [6, 6.07) is -0.653. The van der Waals surface area contributed by atoms with Crippen molar-refractivity contribution in [1.82, 2.24) is 10.6 Å². The number of carbonyl (C=O) groups is 3. The Morgan fingerprint density at radius 2 is 2.17 bits per heavy atom. The number of piperidine rings is 1. The van der Waals surface area contributed by atoms with Gasteiger partial charge in [-0.3, -0.25) is 19.7 Å². The first-order valence-electron chi connectivity index (χ1n) is 5.92.